The lowest BCUT2D eigenvalue weighted by Crippen LogP contribution is -2.48. The van der Waals surface area contributed by atoms with Crippen LogP contribution in [0.3, 0.4) is 0 Å². The molecule has 9 heteroatoms. The molecule has 1 heterocycles. The highest BCUT2D eigenvalue weighted by Gasteiger charge is 2.37. The van der Waals surface area contributed by atoms with Crippen molar-refractivity contribution in [2.24, 2.45) is 5.92 Å². The molecule has 1 atom stereocenters. The third kappa shape index (κ3) is 4.43. The molecule has 1 aromatic rings. The zero-order chi connectivity index (χ0) is 18.8. The number of amides is 2. The standard InChI is InChI=1S/C16H20N2O6S/c1-10(2)15(16(21)24-18-13(19)8-9-14(18)20)17-25(22,23)12-6-4-11(3)5-7-12/h4-7,10,15,17H,8-9H2,1-3H3/t15-/m1/s1. The molecule has 8 nitrogen and oxygen atoms in total. The molecule has 1 aliphatic heterocycles. The second-order valence-electron chi connectivity index (χ2n) is 6.15. The third-order valence-electron chi connectivity index (χ3n) is 3.72. The Morgan fingerprint density at radius 1 is 1.12 bits per heavy atom. The summed E-state index contributed by atoms with van der Waals surface area (Å²) < 4.78 is 27.2. The van der Waals surface area contributed by atoms with E-state index in [-0.39, 0.29) is 17.7 Å². The second-order valence-corrected chi connectivity index (χ2v) is 7.86. The number of imide groups is 1. The van der Waals surface area contributed by atoms with Crippen molar-refractivity contribution in [1.82, 2.24) is 9.79 Å². The van der Waals surface area contributed by atoms with Crippen molar-refractivity contribution in [3.63, 3.8) is 0 Å². The number of aryl methyl sites for hydroxylation is 1. The summed E-state index contributed by atoms with van der Waals surface area (Å²) in [6, 6.07) is 4.88. The van der Waals surface area contributed by atoms with Crippen LogP contribution in [0.2, 0.25) is 0 Å². The van der Waals surface area contributed by atoms with Crippen LogP contribution in [0.15, 0.2) is 29.2 Å². The van der Waals surface area contributed by atoms with Gasteiger partial charge >= 0.3 is 5.97 Å². The Bertz CT molecular complexity index is 769. The zero-order valence-corrected chi connectivity index (χ0v) is 15.0. The highest BCUT2D eigenvalue weighted by Crippen LogP contribution is 2.17. The lowest BCUT2D eigenvalue weighted by molar-refractivity contribution is -0.199. The quantitative estimate of drug-likeness (QED) is 0.747. The van der Waals surface area contributed by atoms with Gasteiger partial charge in [-0.15, -0.1) is 5.06 Å². The van der Waals surface area contributed by atoms with Crippen LogP contribution in [0.5, 0.6) is 0 Å². The summed E-state index contributed by atoms with van der Waals surface area (Å²) in [5, 5.41) is 0.401. The number of rotatable bonds is 6. The van der Waals surface area contributed by atoms with Gasteiger partial charge in [0, 0.05) is 12.8 Å². The van der Waals surface area contributed by atoms with Crippen LogP contribution in [0.25, 0.3) is 0 Å². The molecule has 1 saturated heterocycles. The van der Waals surface area contributed by atoms with E-state index in [9.17, 15) is 22.8 Å². The number of hydrogen-bond acceptors (Lipinski definition) is 6. The van der Waals surface area contributed by atoms with Crippen molar-refractivity contribution < 1.29 is 27.6 Å². The van der Waals surface area contributed by atoms with E-state index in [1.54, 1.807) is 26.0 Å². The predicted octanol–water partition coefficient (Wildman–Crippen LogP) is 0.905. The Hall–Kier alpha value is -2.26. The molecule has 0 saturated carbocycles. The van der Waals surface area contributed by atoms with E-state index in [0.29, 0.717) is 5.06 Å². The van der Waals surface area contributed by atoms with E-state index in [1.807, 2.05) is 6.92 Å². The molecule has 0 bridgehead atoms. The van der Waals surface area contributed by atoms with Gasteiger partial charge in [0.15, 0.2) is 0 Å². The van der Waals surface area contributed by atoms with E-state index in [0.717, 1.165) is 5.56 Å². The molecule has 0 radical (unpaired) electrons. The molecule has 1 aliphatic rings. The fourth-order valence-electron chi connectivity index (χ4n) is 2.21. The van der Waals surface area contributed by atoms with Crippen molar-refractivity contribution in [3.05, 3.63) is 29.8 Å². The van der Waals surface area contributed by atoms with Gasteiger partial charge in [-0.1, -0.05) is 31.5 Å². The molecule has 0 spiro atoms. The summed E-state index contributed by atoms with van der Waals surface area (Å²) in [7, 11) is -3.97. The molecule has 1 aromatic carbocycles. The van der Waals surface area contributed by atoms with Crippen molar-refractivity contribution >= 4 is 27.8 Å². The van der Waals surface area contributed by atoms with Crippen LogP contribution in [-0.2, 0) is 29.2 Å². The van der Waals surface area contributed by atoms with Crippen molar-refractivity contribution in [3.8, 4) is 0 Å². The zero-order valence-electron chi connectivity index (χ0n) is 14.2. The highest BCUT2D eigenvalue weighted by molar-refractivity contribution is 7.89. The predicted molar refractivity (Wildman–Crippen MR) is 87.3 cm³/mol. The van der Waals surface area contributed by atoms with Gasteiger partial charge in [0.25, 0.3) is 11.8 Å². The first kappa shape index (κ1) is 19.1. The molecule has 136 valence electrons. The summed E-state index contributed by atoms with van der Waals surface area (Å²) in [6.07, 6.45) is -0.0683. The molecule has 0 aromatic heterocycles. The van der Waals surface area contributed by atoms with Gasteiger partial charge in [0.2, 0.25) is 10.0 Å². The van der Waals surface area contributed by atoms with E-state index in [4.69, 9.17) is 4.84 Å². The summed E-state index contributed by atoms with van der Waals surface area (Å²) in [5.41, 5.74) is 0.893. The number of hydrogen-bond donors (Lipinski definition) is 1. The fourth-order valence-corrected chi connectivity index (χ4v) is 3.55. The summed E-state index contributed by atoms with van der Waals surface area (Å²) >= 11 is 0. The van der Waals surface area contributed by atoms with Crippen LogP contribution in [0.1, 0.15) is 32.3 Å². The second kappa shape index (κ2) is 7.32. The number of benzene rings is 1. The van der Waals surface area contributed by atoms with Gasteiger partial charge in [-0.2, -0.15) is 4.72 Å². The lowest BCUT2D eigenvalue weighted by atomic mass is 10.1. The maximum absolute atomic E-state index is 12.5. The van der Waals surface area contributed by atoms with E-state index in [1.165, 1.54) is 12.1 Å². The first-order valence-corrected chi connectivity index (χ1v) is 9.26. The highest BCUT2D eigenvalue weighted by atomic mass is 32.2. The third-order valence-corrected chi connectivity index (χ3v) is 5.18. The Labute approximate surface area is 146 Å². The Morgan fingerprint density at radius 3 is 2.12 bits per heavy atom. The first-order chi connectivity index (χ1) is 11.6. The van der Waals surface area contributed by atoms with Gasteiger partial charge in [0.1, 0.15) is 6.04 Å². The normalized spacial score (nSPS) is 16.4. The van der Waals surface area contributed by atoms with Crippen LogP contribution in [-0.4, -0.2) is 37.3 Å². The molecule has 2 rings (SSSR count). The SMILES string of the molecule is Cc1ccc(S(=O)(=O)N[C@@H](C(=O)ON2C(=O)CCC2=O)C(C)C)cc1. The summed E-state index contributed by atoms with van der Waals surface area (Å²) in [4.78, 5) is 40.2. The fraction of sp³-hybridized carbons (Fsp3) is 0.438. The van der Waals surface area contributed by atoms with Crippen molar-refractivity contribution in [1.29, 1.82) is 0 Å². The van der Waals surface area contributed by atoms with Gasteiger partial charge < -0.3 is 4.84 Å². The van der Waals surface area contributed by atoms with E-state index in [2.05, 4.69) is 4.72 Å². The maximum Gasteiger partial charge on any atom is 0.351 e. The Kier molecular flexibility index (Phi) is 5.58. The molecule has 1 fully saturated rings. The van der Waals surface area contributed by atoms with Gasteiger partial charge in [0.05, 0.1) is 4.90 Å². The van der Waals surface area contributed by atoms with Crippen LogP contribution >= 0.6 is 0 Å². The topological polar surface area (TPSA) is 110 Å². The molecular weight excluding hydrogens is 348 g/mol. The van der Waals surface area contributed by atoms with Crippen molar-refractivity contribution in [2.75, 3.05) is 0 Å². The number of nitrogens with zero attached hydrogens (tertiary/aromatic N) is 1. The monoisotopic (exact) mass is 368 g/mol. The van der Waals surface area contributed by atoms with Crippen molar-refractivity contribution in [2.45, 2.75) is 44.6 Å². The summed E-state index contributed by atoms with van der Waals surface area (Å²) in [6.45, 7) is 5.07. The summed E-state index contributed by atoms with van der Waals surface area (Å²) in [5.74, 6) is -2.71. The molecule has 0 unspecified atom stereocenters. The number of carbonyl (C=O) groups excluding carboxylic acids is 3. The van der Waals surface area contributed by atoms with E-state index < -0.39 is 39.8 Å². The first-order valence-electron chi connectivity index (χ1n) is 7.78. The number of sulfonamides is 1. The van der Waals surface area contributed by atoms with E-state index >= 15 is 0 Å². The number of nitrogens with one attached hydrogen (secondary N) is 1. The minimum atomic E-state index is -3.97. The molecular formula is C16H20N2O6S. The van der Waals surface area contributed by atoms with Gasteiger partial charge in [-0.05, 0) is 25.0 Å². The molecule has 1 N–H and O–H groups in total. The smallest absolute Gasteiger partial charge is 0.329 e. The molecule has 25 heavy (non-hydrogen) atoms. The minimum absolute atomic E-state index is 0.00451. The lowest BCUT2D eigenvalue weighted by Gasteiger charge is -2.22. The minimum Gasteiger partial charge on any atom is -0.329 e. The average molecular weight is 368 g/mol. The van der Waals surface area contributed by atoms with Crippen LogP contribution in [0.4, 0.5) is 0 Å². The Morgan fingerprint density at radius 2 is 1.64 bits per heavy atom. The van der Waals surface area contributed by atoms with Crippen LogP contribution < -0.4 is 4.72 Å². The number of hydroxylamine groups is 2. The molecule has 0 aliphatic carbocycles. The largest absolute Gasteiger partial charge is 0.351 e. The van der Waals surface area contributed by atoms with Crippen LogP contribution in [0, 0.1) is 12.8 Å². The number of carbonyl (C=O) groups is 3. The van der Waals surface area contributed by atoms with Gasteiger partial charge in [-0.25, -0.2) is 13.2 Å². The van der Waals surface area contributed by atoms with Gasteiger partial charge in [-0.3, -0.25) is 9.59 Å². The average Bonchev–Trinajstić information content (AvgIpc) is 2.84. The maximum atomic E-state index is 12.5. The Balaban J connectivity index is 2.17. The molecule has 2 amide bonds.